The van der Waals surface area contributed by atoms with Crippen molar-refractivity contribution < 1.29 is 30.5 Å². The van der Waals surface area contributed by atoms with Crippen molar-refractivity contribution in [2.45, 2.75) is 99.5 Å². The molecule has 270 valence electrons. The predicted molar refractivity (Wildman–Crippen MR) is 210 cm³/mol. The monoisotopic (exact) mass is 870 g/mol. The molecule has 0 atom stereocenters. The van der Waals surface area contributed by atoms with E-state index in [-0.39, 0.29) is 37.4 Å². The zero-order valence-corrected chi connectivity index (χ0v) is 34.8. The molecule has 0 N–H and O–H groups in total. The van der Waals surface area contributed by atoms with Crippen molar-refractivity contribution >= 4 is 23.1 Å². The Morgan fingerprint density at radius 1 is 0.788 bits per heavy atom. The summed E-state index contributed by atoms with van der Waals surface area (Å²) in [6.45, 7) is 26.7. The summed E-state index contributed by atoms with van der Waals surface area (Å²) >= 11 is 0. The van der Waals surface area contributed by atoms with Crippen molar-refractivity contribution in [1.29, 1.82) is 0 Å². The van der Waals surface area contributed by atoms with Gasteiger partial charge in [-0.2, -0.15) is 6.07 Å². The quantitative estimate of drug-likeness (QED) is 0.165. The van der Waals surface area contributed by atoms with Crippen LogP contribution in [0.1, 0.15) is 98.5 Å². The number of hydrogen-bond acceptors (Lipinski definition) is 5. The van der Waals surface area contributed by atoms with Crippen LogP contribution in [0.25, 0.3) is 11.1 Å². The smallest absolute Gasteiger partial charge is 0.518 e. The number of ether oxygens (including phenoxy) is 2. The second-order valence-electron chi connectivity index (χ2n) is 16.7. The van der Waals surface area contributed by atoms with E-state index in [9.17, 15) is 0 Å². The minimum Gasteiger partial charge on any atom is -0.518 e. The summed E-state index contributed by atoms with van der Waals surface area (Å²) in [6, 6.07) is 29.2. The molecule has 0 aliphatic carbocycles. The van der Waals surface area contributed by atoms with Crippen molar-refractivity contribution in [3.8, 4) is 22.6 Å². The third kappa shape index (κ3) is 6.85. The van der Waals surface area contributed by atoms with Crippen molar-refractivity contribution in [1.82, 2.24) is 4.98 Å². The molecule has 3 heterocycles. The SMILES string of the molecule is Cc1cc(C)c(-c2cc(Oc3[c-]c4c(cc3C)C(C)(C)c3cc(C)ccc3N4c3cc(C(C)(C)C)ccn3)[c-]c(C3=NC(C)(C)CO3)c2)c(C)c1.[Pt+2]. The molecule has 2 aliphatic rings. The molecule has 0 saturated carbocycles. The summed E-state index contributed by atoms with van der Waals surface area (Å²) < 4.78 is 13.0. The van der Waals surface area contributed by atoms with Gasteiger partial charge in [-0.05, 0) is 98.4 Å². The van der Waals surface area contributed by atoms with Crippen molar-refractivity contribution in [2.75, 3.05) is 11.5 Å². The molecule has 0 bridgehead atoms. The molecule has 0 saturated heterocycles. The van der Waals surface area contributed by atoms with Crippen LogP contribution in [0.5, 0.6) is 11.5 Å². The summed E-state index contributed by atoms with van der Waals surface area (Å²) in [4.78, 5) is 12.1. The molecule has 0 amide bonds. The maximum absolute atomic E-state index is 6.86. The fraction of sp³-hybridized carbons (Fsp3) is 0.348. The normalized spacial score (nSPS) is 15.6. The van der Waals surface area contributed by atoms with Crippen LogP contribution in [0.2, 0.25) is 0 Å². The molecule has 52 heavy (non-hydrogen) atoms. The Morgan fingerprint density at radius 3 is 2.15 bits per heavy atom. The van der Waals surface area contributed by atoms with Crippen LogP contribution in [0, 0.1) is 46.8 Å². The molecule has 5 nitrogen and oxygen atoms in total. The molecule has 4 aromatic carbocycles. The van der Waals surface area contributed by atoms with Crippen molar-refractivity contribution in [3.63, 3.8) is 0 Å². The molecule has 5 aromatic rings. The minimum absolute atomic E-state index is 0. The number of aliphatic imine (C=N–C) groups is 1. The molecular weight excluding hydrogens is 822 g/mol. The van der Waals surface area contributed by atoms with E-state index in [1.165, 1.54) is 44.5 Å². The Hall–Kier alpha value is -4.21. The minimum atomic E-state index is -0.303. The van der Waals surface area contributed by atoms with E-state index in [2.05, 4.69) is 161 Å². The predicted octanol–water partition coefficient (Wildman–Crippen LogP) is 11.6. The molecular formula is C46H49N3O2Pt. The molecule has 0 unspecified atom stereocenters. The average Bonchev–Trinajstić information content (AvgIpc) is 3.41. The first-order valence-corrected chi connectivity index (χ1v) is 17.9. The van der Waals surface area contributed by atoms with Gasteiger partial charge in [0.2, 0.25) is 0 Å². The van der Waals surface area contributed by atoms with Gasteiger partial charge in [0, 0.05) is 23.4 Å². The van der Waals surface area contributed by atoms with Crippen LogP contribution in [-0.2, 0) is 36.6 Å². The van der Waals surface area contributed by atoms with Crippen LogP contribution in [0.15, 0.2) is 71.9 Å². The van der Waals surface area contributed by atoms with Crippen molar-refractivity contribution in [2.24, 2.45) is 4.99 Å². The molecule has 0 radical (unpaired) electrons. The number of pyridine rings is 1. The molecule has 6 heteroatoms. The fourth-order valence-electron chi connectivity index (χ4n) is 7.56. The second kappa shape index (κ2) is 13.3. The number of fused-ring (bicyclic) bond motifs is 2. The van der Waals surface area contributed by atoms with Gasteiger partial charge in [-0.15, -0.1) is 23.3 Å². The van der Waals surface area contributed by atoms with Crippen LogP contribution >= 0.6 is 0 Å². The Labute approximate surface area is 324 Å². The largest absolute Gasteiger partial charge is 2.00 e. The van der Waals surface area contributed by atoms with E-state index in [1.54, 1.807) is 0 Å². The summed E-state index contributed by atoms with van der Waals surface area (Å²) in [5.74, 6) is 2.67. The van der Waals surface area contributed by atoms with Crippen LogP contribution in [0.4, 0.5) is 17.2 Å². The second-order valence-corrected chi connectivity index (χ2v) is 16.7. The number of aryl methyl sites for hydroxylation is 5. The number of benzene rings is 4. The van der Waals surface area contributed by atoms with Gasteiger partial charge in [0.25, 0.3) is 0 Å². The summed E-state index contributed by atoms with van der Waals surface area (Å²) in [7, 11) is 0. The molecule has 0 spiro atoms. The molecule has 2 aliphatic heterocycles. The zero-order valence-electron chi connectivity index (χ0n) is 32.5. The zero-order chi connectivity index (χ0) is 36.6. The van der Waals surface area contributed by atoms with Gasteiger partial charge in [0.05, 0.1) is 5.54 Å². The van der Waals surface area contributed by atoms with Gasteiger partial charge in [0.15, 0.2) is 0 Å². The van der Waals surface area contributed by atoms with Gasteiger partial charge in [-0.3, -0.25) is 4.99 Å². The van der Waals surface area contributed by atoms with Gasteiger partial charge in [0.1, 0.15) is 18.3 Å². The number of rotatable bonds is 5. The standard InChI is InChI=1S/C46H49N3O2.Pt/c1-27-13-14-38-36(19-27)46(11,12)37-20-29(3)40(25-39(37)49(38)41-24-34(15-16-47-41)44(6,7)8)51-35-22-32(42-30(4)17-28(2)18-31(42)5)21-33(23-35)43-48-45(9,10)26-50-43;/h13-22,24H,26H2,1-12H3;/q-2;+2. The van der Waals surface area contributed by atoms with Gasteiger partial charge in [-0.1, -0.05) is 106 Å². The van der Waals surface area contributed by atoms with E-state index in [4.69, 9.17) is 19.5 Å². The first-order chi connectivity index (χ1) is 23.9. The Kier molecular flexibility index (Phi) is 9.62. The van der Waals surface area contributed by atoms with E-state index >= 15 is 0 Å². The van der Waals surface area contributed by atoms with Crippen LogP contribution in [-0.4, -0.2) is 23.0 Å². The fourth-order valence-corrected chi connectivity index (χ4v) is 7.56. The van der Waals surface area contributed by atoms with Crippen molar-refractivity contribution in [3.05, 3.63) is 129 Å². The maximum atomic E-state index is 6.86. The van der Waals surface area contributed by atoms with E-state index in [0.29, 0.717) is 24.0 Å². The number of hydrogen-bond donors (Lipinski definition) is 0. The Morgan fingerprint density at radius 2 is 1.50 bits per heavy atom. The number of aromatic nitrogens is 1. The first kappa shape index (κ1) is 37.5. The summed E-state index contributed by atoms with van der Waals surface area (Å²) in [5.41, 5.74) is 13.9. The molecule has 0 fully saturated rings. The summed E-state index contributed by atoms with van der Waals surface area (Å²) in [5, 5.41) is 0. The van der Waals surface area contributed by atoms with Gasteiger partial charge >= 0.3 is 21.1 Å². The third-order valence-corrected chi connectivity index (χ3v) is 10.2. The number of nitrogens with zero attached hydrogens (tertiary/aromatic N) is 3. The first-order valence-electron chi connectivity index (χ1n) is 17.9. The average molecular weight is 871 g/mol. The summed E-state index contributed by atoms with van der Waals surface area (Å²) in [6.07, 6.45) is 1.92. The molecule has 7 rings (SSSR count). The van der Waals surface area contributed by atoms with E-state index in [1.807, 2.05) is 6.20 Å². The van der Waals surface area contributed by atoms with Gasteiger partial charge in [-0.25, -0.2) is 4.98 Å². The maximum Gasteiger partial charge on any atom is 2.00 e. The van der Waals surface area contributed by atoms with E-state index in [0.717, 1.165) is 33.9 Å². The Balaban J connectivity index is 0.00000464. The molecule has 1 aromatic heterocycles. The topological polar surface area (TPSA) is 47.0 Å². The third-order valence-electron chi connectivity index (χ3n) is 10.2. The van der Waals surface area contributed by atoms with E-state index < -0.39 is 0 Å². The Bertz CT molecular complexity index is 2220. The number of anilines is 3. The van der Waals surface area contributed by atoms with Crippen LogP contribution in [0.3, 0.4) is 0 Å². The van der Waals surface area contributed by atoms with Crippen LogP contribution < -0.4 is 9.64 Å². The van der Waals surface area contributed by atoms with Gasteiger partial charge < -0.3 is 14.4 Å².